The highest BCUT2D eigenvalue weighted by molar-refractivity contribution is 6.74. The van der Waals surface area contributed by atoms with Crippen molar-refractivity contribution >= 4 is 8.32 Å². The fourth-order valence-electron chi connectivity index (χ4n) is 7.34. The minimum atomic E-state index is -1.73. The van der Waals surface area contributed by atoms with Crippen molar-refractivity contribution in [3.05, 3.63) is 35.5 Å². The molecule has 35 heavy (non-hydrogen) atoms. The quantitative estimate of drug-likeness (QED) is 0.302. The lowest BCUT2D eigenvalue weighted by atomic mass is 9.60. The molecule has 0 aromatic heterocycles. The van der Waals surface area contributed by atoms with Gasteiger partial charge in [-0.05, 0) is 104 Å². The number of rotatable bonds is 8. The van der Waals surface area contributed by atoms with Gasteiger partial charge < -0.3 is 4.43 Å². The lowest BCUT2D eigenvalue weighted by Gasteiger charge is -2.44. The Balaban J connectivity index is 1.70. The summed E-state index contributed by atoms with van der Waals surface area (Å²) in [5, 5.41) is 0.269. The first-order chi connectivity index (χ1) is 16.2. The molecule has 1 nitrogen and oxygen atoms in total. The fourth-order valence-corrected chi connectivity index (χ4v) is 8.73. The normalized spacial score (nSPS) is 33.5. The second kappa shape index (κ2) is 11.4. The first-order valence-electron chi connectivity index (χ1n) is 15.0. The molecule has 3 aliphatic carbocycles. The SMILES string of the molecule is C=C1CC[C@H](O[Si](C)(C)C(C)(C)C)CC1=C/C=C1\CCC[C@]2(C)[C@@H]([C@H](C)CCCC(C)C)CC[C@@H]12. The predicted molar refractivity (Wildman–Crippen MR) is 157 cm³/mol. The zero-order valence-electron chi connectivity index (χ0n) is 24.9. The fraction of sp³-hybridized carbons (Fsp3) is 0.818. The molecule has 2 heteroatoms. The van der Waals surface area contributed by atoms with Crippen LogP contribution in [0.3, 0.4) is 0 Å². The summed E-state index contributed by atoms with van der Waals surface area (Å²) >= 11 is 0. The summed E-state index contributed by atoms with van der Waals surface area (Å²) < 4.78 is 6.82. The third-order valence-electron chi connectivity index (χ3n) is 10.6. The number of hydrogen-bond acceptors (Lipinski definition) is 1. The third kappa shape index (κ3) is 6.84. The second-order valence-electron chi connectivity index (χ2n) is 14.7. The molecule has 3 saturated carbocycles. The van der Waals surface area contributed by atoms with Crippen LogP contribution < -0.4 is 0 Å². The van der Waals surface area contributed by atoms with E-state index in [1.165, 1.54) is 62.5 Å². The Morgan fingerprint density at radius 2 is 1.77 bits per heavy atom. The van der Waals surface area contributed by atoms with Gasteiger partial charge in [-0.2, -0.15) is 0 Å². The molecule has 3 aliphatic rings. The van der Waals surface area contributed by atoms with Crippen LogP contribution in [0.25, 0.3) is 0 Å². The lowest BCUT2D eigenvalue weighted by Crippen LogP contribution is -2.44. The van der Waals surface area contributed by atoms with Crippen LogP contribution in [-0.2, 0) is 4.43 Å². The van der Waals surface area contributed by atoms with Crippen molar-refractivity contribution in [1.29, 1.82) is 0 Å². The summed E-state index contributed by atoms with van der Waals surface area (Å²) in [5.41, 5.74) is 5.05. The Morgan fingerprint density at radius 1 is 1.06 bits per heavy atom. The molecule has 0 radical (unpaired) electrons. The van der Waals surface area contributed by atoms with Gasteiger partial charge in [-0.3, -0.25) is 0 Å². The highest BCUT2D eigenvalue weighted by Crippen LogP contribution is 2.60. The lowest BCUT2D eigenvalue weighted by molar-refractivity contribution is 0.0929. The molecule has 0 aromatic rings. The summed E-state index contributed by atoms with van der Waals surface area (Å²) in [4.78, 5) is 0. The van der Waals surface area contributed by atoms with Crippen LogP contribution in [0.15, 0.2) is 35.5 Å². The van der Waals surface area contributed by atoms with Crippen LogP contribution in [0.5, 0.6) is 0 Å². The molecule has 0 bridgehead atoms. The van der Waals surface area contributed by atoms with Crippen molar-refractivity contribution < 1.29 is 4.43 Å². The van der Waals surface area contributed by atoms with Gasteiger partial charge in [0, 0.05) is 6.10 Å². The van der Waals surface area contributed by atoms with Crippen LogP contribution in [0.1, 0.15) is 119 Å². The molecule has 3 rings (SSSR count). The smallest absolute Gasteiger partial charge is 0.192 e. The van der Waals surface area contributed by atoms with Gasteiger partial charge in [-0.15, -0.1) is 0 Å². The van der Waals surface area contributed by atoms with Crippen LogP contribution in [0, 0.1) is 29.1 Å². The minimum absolute atomic E-state index is 0.269. The van der Waals surface area contributed by atoms with Gasteiger partial charge in [0.2, 0.25) is 0 Å². The molecule has 0 heterocycles. The van der Waals surface area contributed by atoms with E-state index in [4.69, 9.17) is 4.43 Å². The minimum Gasteiger partial charge on any atom is -0.414 e. The van der Waals surface area contributed by atoms with Crippen LogP contribution in [0.4, 0.5) is 0 Å². The number of fused-ring (bicyclic) bond motifs is 1. The third-order valence-corrected chi connectivity index (χ3v) is 15.1. The molecular formula is C33H58OSi. The maximum atomic E-state index is 6.82. The average molecular weight is 499 g/mol. The summed E-state index contributed by atoms with van der Waals surface area (Å²) in [6, 6.07) is 0. The van der Waals surface area contributed by atoms with E-state index in [1.54, 1.807) is 5.57 Å². The van der Waals surface area contributed by atoms with E-state index >= 15 is 0 Å². The van der Waals surface area contributed by atoms with Crippen LogP contribution in [-0.4, -0.2) is 14.4 Å². The first-order valence-corrected chi connectivity index (χ1v) is 17.9. The van der Waals surface area contributed by atoms with Gasteiger partial charge in [0.25, 0.3) is 0 Å². The van der Waals surface area contributed by atoms with Crippen molar-refractivity contribution in [2.45, 2.75) is 143 Å². The van der Waals surface area contributed by atoms with E-state index < -0.39 is 8.32 Å². The van der Waals surface area contributed by atoms with Gasteiger partial charge in [-0.25, -0.2) is 0 Å². The Bertz CT molecular complexity index is 794. The van der Waals surface area contributed by atoms with Crippen molar-refractivity contribution in [3.8, 4) is 0 Å². The predicted octanol–water partition coefficient (Wildman–Crippen LogP) is 10.6. The van der Waals surface area contributed by atoms with Crippen molar-refractivity contribution in [2.24, 2.45) is 29.1 Å². The van der Waals surface area contributed by atoms with E-state index in [0.29, 0.717) is 11.5 Å². The van der Waals surface area contributed by atoms with Gasteiger partial charge >= 0.3 is 0 Å². The summed E-state index contributed by atoms with van der Waals surface area (Å²) in [7, 11) is -1.73. The highest BCUT2D eigenvalue weighted by Gasteiger charge is 2.50. The van der Waals surface area contributed by atoms with E-state index in [9.17, 15) is 0 Å². The molecule has 3 fully saturated rings. The average Bonchev–Trinajstić information content (AvgIpc) is 3.10. The Hall–Kier alpha value is -0.603. The largest absolute Gasteiger partial charge is 0.414 e. The summed E-state index contributed by atoms with van der Waals surface area (Å²) in [6.07, 6.45) is 19.8. The standard InChI is InChI=1S/C33H58OSi/c1-24(2)13-11-14-26(4)30-20-21-31-27(15-12-22-33(30,31)8)17-18-28-23-29(19-16-25(28)3)34-35(9,10)32(5,6)7/h17-18,24,26,29-31H,3,11-16,19-23H2,1-2,4-10H3/b27-17+,28-18?/t26-,29+,30-,31+,33-/m1/s1. The van der Waals surface area contributed by atoms with Crippen LogP contribution in [0.2, 0.25) is 18.1 Å². The van der Waals surface area contributed by atoms with E-state index in [-0.39, 0.29) is 5.04 Å². The summed E-state index contributed by atoms with van der Waals surface area (Å²) in [6.45, 7) is 26.2. The van der Waals surface area contributed by atoms with Crippen molar-refractivity contribution in [2.75, 3.05) is 0 Å². The molecule has 0 amide bonds. The van der Waals surface area contributed by atoms with E-state index in [1.807, 2.05) is 0 Å². The molecule has 0 aromatic carbocycles. The van der Waals surface area contributed by atoms with Crippen LogP contribution >= 0.6 is 0 Å². The zero-order valence-corrected chi connectivity index (χ0v) is 25.9. The molecule has 0 saturated heterocycles. The molecule has 0 unspecified atom stereocenters. The molecule has 0 spiro atoms. The van der Waals surface area contributed by atoms with Gasteiger partial charge in [0.05, 0.1) is 0 Å². The summed E-state index contributed by atoms with van der Waals surface area (Å²) in [5.74, 6) is 3.41. The van der Waals surface area contributed by atoms with E-state index in [0.717, 1.165) is 42.9 Å². The van der Waals surface area contributed by atoms with E-state index in [2.05, 4.69) is 80.3 Å². The first kappa shape index (κ1) is 29.0. The highest BCUT2D eigenvalue weighted by atomic mass is 28.4. The second-order valence-corrected chi connectivity index (χ2v) is 19.4. The van der Waals surface area contributed by atoms with Gasteiger partial charge in [-0.1, -0.05) is 97.6 Å². The molecule has 5 atom stereocenters. The Morgan fingerprint density at radius 3 is 2.43 bits per heavy atom. The topological polar surface area (TPSA) is 9.23 Å². The molecule has 0 aliphatic heterocycles. The molecule has 200 valence electrons. The van der Waals surface area contributed by atoms with Gasteiger partial charge in [0.15, 0.2) is 8.32 Å². The monoisotopic (exact) mass is 498 g/mol. The maximum absolute atomic E-state index is 6.82. The van der Waals surface area contributed by atoms with Crippen molar-refractivity contribution in [3.63, 3.8) is 0 Å². The molecule has 0 N–H and O–H groups in total. The zero-order chi connectivity index (χ0) is 26.0. The number of allylic oxidation sites excluding steroid dienone is 4. The maximum Gasteiger partial charge on any atom is 0.192 e. The Labute approximate surface area is 220 Å². The Kier molecular flexibility index (Phi) is 9.45. The van der Waals surface area contributed by atoms with Crippen molar-refractivity contribution in [1.82, 2.24) is 0 Å². The number of hydrogen-bond donors (Lipinski definition) is 0. The molecular weight excluding hydrogens is 440 g/mol. The van der Waals surface area contributed by atoms with Gasteiger partial charge in [0.1, 0.15) is 0 Å².